The minimum Gasteiger partial charge on any atom is -0.337 e. The summed E-state index contributed by atoms with van der Waals surface area (Å²) in [5, 5.41) is 0. The Bertz CT molecular complexity index is 343. The number of hydrogen-bond acceptors (Lipinski definition) is 2. The van der Waals surface area contributed by atoms with Crippen molar-refractivity contribution in [1.29, 1.82) is 0 Å². The van der Waals surface area contributed by atoms with Gasteiger partial charge >= 0.3 is 0 Å². The van der Waals surface area contributed by atoms with E-state index >= 15 is 0 Å². The highest BCUT2D eigenvalue weighted by atomic mass is 17.2. The lowest BCUT2D eigenvalue weighted by atomic mass is 9.97. The van der Waals surface area contributed by atoms with Gasteiger partial charge in [-0.3, -0.25) is 0 Å². The van der Waals surface area contributed by atoms with Crippen molar-refractivity contribution in [2.45, 2.75) is 53.1 Å². The van der Waals surface area contributed by atoms with Crippen LogP contribution in [0.1, 0.15) is 46.1 Å². The van der Waals surface area contributed by atoms with Crippen molar-refractivity contribution in [2.75, 3.05) is 0 Å². The van der Waals surface area contributed by atoms with E-state index in [2.05, 4.69) is 27.7 Å². The summed E-state index contributed by atoms with van der Waals surface area (Å²) in [6.07, 6.45) is 2.14. The summed E-state index contributed by atoms with van der Waals surface area (Å²) in [6.45, 7) is 10.6. The monoisotopic (exact) mass is 236 g/mol. The zero-order valence-electron chi connectivity index (χ0n) is 11.6. The minimum atomic E-state index is -0.242. The van der Waals surface area contributed by atoms with Gasteiger partial charge in [0.25, 0.3) is 0 Å². The zero-order chi connectivity index (χ0) is 12.9. The fraction of sp³-hybridized carbons (Fsp3) is 0.600. The zero-order valence-corrected chi connectivity index (χ0v) is 11.6. The molecule has 0 bridgehead atoms. The highest BCUT2D eigenvalue weighted by Gasteiger charge is 2.21. The lowest BCUT2D eigenvalue weighted by molar-refractivity contribution is -0.283. The Kier molecular flexibility index (Phi) is 5.01. The van der Waals surface area contributed by atoms with Crippen molar-refractivity contribution in [1.82, 2.24) is 0 Å². The summed E-state index contributed by atoms with van der Waals surface area (Å²) in [4.78, 5) is 10.9. The van der Waals surface area contributed by atoms with E-state index in [1.165, 1.54) is 5.56 Å². The first kappa shape index (κ1) is 14.0. The topological polar surface area (TPSA) is 18.5 Å². The molecule has 2 nitrogen and oxygen atoms in total. The molecule has 2 heteroatoms. The predicted octanol–water partition coefficient (Wildman–Crippen LogP) is 4.52. The number of benzene rings is 1. The molecule has 17 heavy (non-hydrogen) atoms. The van der Waals surface area contributed by atoms with Gasteiger partial charge in [0, 0.05) is 0 Å². The Labute approximate surface area is 105 Å². The maximum Gasteiger partial charge on any atom is 0.165 e. The molecule has 0 N–H and O–H groups in total. The minimum absolute atomic E-state index is 0.242. The molecule has 1 rings (SSSR count). The van der Waals surface area contributed by atoms with E-state index < -0.39 is 0 Å². The molecule has 0 unspecified atom stereocenters. The first-order chi connectivity index (χ1) is 7.89. The van der Waals surface area contributed by atoms with E-state index in [-0.39, 0.29) is 5.60 Å². The molecular weight excluding hydrogens is 212 g/mol. The fourth-order valence-corrected chi connectivity index (χ4v) is 1.51. The van der Waals surface area contributed by atoms with Crippen molar-refractivity contribution in [3.8, 4) is 5.75 Å². The van der Waals surface area contributed by atoms with E-state index in [9.17, 15) is 0 Å². The molecule has 0 aromatic heterocycles. The lowest BCUT2D eigenvalue weighted by Gasteiger charge is -2.24. The Morgan fingerprint density at radius 3 is 2.53 bits per heavy atom. The van der Waals surface area contributed by atoms with Crippen molar-refractivity contribution >= 4 is 0 Å². The average Bonchev–Trinajstić information content (AvgIpc) is 2.24. The molecule has 0 radical (unpaired) electrons. The Morgan fingerprint density at radius 1 is 1.24 bits per heavy atom. The van der Waals surface area contributed by atoms with Gasteiger partial charge in [0.2, 0.25) is 0 Å². The summed E-state index contributed by atoms with van der Waals surface area (Å²) >= 11 is 0. The number of hydrogen-bond donors (Lipinski definition) is 0. The van der Waals surface area contributed by atoms with Crippen LogP contribution in [0.4, 0.5) is 0 Å². The van der Waals surface area contributed by atoms with Crippen LogP contribution in [0.2, 0.25) is 0 Å². The lowest BCUT2D eigenvalue weighted by Crippen LogP contribution is -2.26. The summed E-state index contributed by atoms with van der Waals surface area (Å²) in [5.74, 6) is 1.46. The fourth-order valence-electron chi connectivity index (χ4n) is 1.51. The van der Waals surface area contributed by atoms with Crippen LogP contribution in [0.25, 0.3) is 0 Å². The van der Waals surface area contributed by atoms with Gasteiger partial charge in [0.1, 0.15) is 5.60 Å². The van der Waals surface area contributed by atoms with Gasteiger partial charge in [-0.1, -0.05) is 26.0 Å². The molecular formula is C15H24O2. The Balaban J connectivity index is 2.43. The van der Waals surface area contributed by atoms with Gasteiger partial charge in [0.05, 0.1) is 0 Å². The van der Waals surface area contributed by atoms with Crippen LogP contribution in [0.3, 0.4) is 0 Å². The smallest absolute Gasteiger partial charge is 0.165 e. The van der Waals surface area contributed by atoms with Crippen LogP contribution in [0, 0.1) is 12.8 Å². The molecule has 0 fully saturated rings. The molecule has 0 atom stereocenters. The van der Waals surface area contributed by atoms with Gasteiger partial charge in [0.15, 0.2) is 5.75 Å². The molecule has 0 aliphatic rings. The molecule has 0 saturated heterocycles. The molecule has 0 aliphatic heterocycles. The summed E-state index contributed by atoms with van der Waals surface area (Å²) < 4.78 is 0. The van der Waals surface area contributed by atoms with Crippen LogP contribution in [-0.4, -0.2) is 5.60 Å². The number of rotatable bonds is 6. The SMILES string of the molecule is Cc1cccc(OOC(C)(C)CCC(C)C)c1. The maximum atomic E-state index is 5.52. The van der Waals surface area contributed by atoms with E-state index in [0.29, 0.717) is 5.92 Å². The second-order valence-corrected chi connectivity index (χ2v) is 5.68. The third-order valence-corrected chi connectivity index (χ3v) is 2.68. The molecule has 0 heterocycles. The summed E-state index contributed by atoms with van der Waals surface area (Å²) in [5.41, 5.74) is 0.930. The van der Waals surface area contributed by atoms with Gasteiger partial charge in [-0.25, -0.2) is 0 Å². The molecule has 1 aromatic carbocycles. The van der Waals surface area contributed by atoms with Crippen molar-refractivity contribution in [3.05, 3.63) is 29.8 Å². The quantitative estimate of drug-likeness (QED) is 0.534. The maximum absolute atomic E-state index is 5.52. The molecule has 96 valence electrons. The van der Waals surface area contributed by atoms with Gasteiger partial charge in [-0.2, -0.15) is 4.89 Å². The number of aryl methyl sites for hydroxylation is 1. The first-order valence-electron chi connectivity index (χ1n) is 6.31. The second kappa shape index (κ2) is 6.06. The Hall–Kier alpha value is -1.02. The predicted molar refractivity (Wildman–Crippen MR) is 71.0 cm³/mol. The highest BCUT2D eigenvalue weighted by Crippen LogP contribution is 2.22. The standard InChI is InChI=1S/C15H24O2/c1-12(2)9-10-15(4,5)17-16-14-8-6-7-13(3)11-14/h6-8,11-12H,9-10H2,1-5H3. The van der Waals surface area contributed by atoms with E-state index in [0.717, 1.165) is 18.6 Å². The van der Waals surface area contributed by atoms with Crippen molar-refractivity contribution in [2.24, 2.45) is 5.92 Å². The third-order valence-electron chi connectivity index (χ3n) is 2.68. The third kappa shape index (κ3) is 5.73. The average molecular weight is 236 g/mol. The molecule has 1 aromatic rings. The summed E-state index contributed by atoms with van der Waals surface area (Å²) in [7, 11) is 0. The van der Waals surface area contributed by atoms with Crippen LogP contribution in [0.15, 0.2) is 24.3 Å². The largest absolute Gasteiger partial charge is 0.337 e. The van der Waals surface area contributed by atoms with Crippen molar-refractivity contribution < 1.29 is 9.78 Å². The van der Waals surface area contributed by atoms with Crippen LogP contribution >= 0.6 is 0 Å². The normalized spacial score (nSPS) is 11.9. The molecule has 0 spiro atoms. The van der Waals surface area contributed by atoms with E-state index in [4.69, 9.17) is 9.78 Å². The Morgan fingerprint density at radius 2 is 1.94 bits per heavy atom. The van der Waals surface area contributed by atoms with Crippen LogP contribution in [-0.2, 0) is 4.89 Å². The van der Waals surface area contributed by atoms with Gasteiger partial charge in [-0.05, 0) is 57.2 Å². The first-order valence-corrected chi connectivity index (χ1v) is 6.31. The van der Waals surface area contributed by atoms with E-state index in [1.807, 2.05) is 31.2 Å². The van der Waals surface area contributed by atoms with Crippen LogP contribution in [0.5, 0.6) is 5.75 Å². The van der Waals surface area contributed by atoms with Gasteiger partial charge in [-0.15, -0.1) is 0 Å². The van der Waals surface area contributed by atoms with Gasteiger partial charge < -0.3 is 4.89 Å². The van der Waals surface area contributed by atoms with E-state index in [1.54, 1.807) is 0 Å². The second-order valence-electron chi connectivity index (χ2n) is 5.68. The highest BCUT2D eigenvalue weighted by molar-refractivity contribution is 5.26. The molecule has 0 aliphatic carbocycles. The van der Waals surface area contributed by atoms with Crippen LogP contribution < -0.4 is 4.89 Å². The summed E-state index contributed by atoms with van der Waals surface area (Å²) in [6, 6.07) is 7.88. The molecule has 0 saturated carbocycles. The van der Waals surface area contributed by atoms with Crippen molar-refractivity contribution in [3.63, 3.8) is 0 Å². The molecule has 0 amide bonds.